The van der Waals surface area contributed by atoms with Gasteiger partial charge in [-0.1, -0.05) is 35.9 Å². The van der Waals surface area contributed by atoms with Crippen LogP contribution in [0.25, 0.3) is 10.9 Å². The first-order valence-electron chi connectivity index (χ1n) is 9.18. The fraction of sp³-hybridized carbons (Fsp3) is 0.333. The first-order chi connectivity index (χ1) is 12.8. The van der Waals surface area contributed by atoms with Crippen molar-refractivity contribution < 1.29 is 13.0 Å². The molecule has 0 unspecified atom stereocenters. The summed E-state index contributed by atoms with van der Waals surface area (Å²) in [4.78, 5) is 3.54. The molecule has 0 bridgehead atoms. The number of aryl methyl sites for hydroxylation is 2. The average molecular weight is 387 g/mol. The van der Waals surface area contributed by atoms with Gasteiger partial charge in [-0.2, -0.15) is 8.42 Å². The van der Waals surface area contributed by atoms with Gasteiger partial charge in [-0.25, -0.2) is 0 Å². The number of para-hydroxylation sites is 1. The normalized spacial score (nSPS) is 15.4. The molecular formula is C21H26N2O3S. The molecule has 5 nitrogen and oxygen atoms in total. The first-order valence-corrected chi connectivity index (χ1v) is 10.6. The lowest BCUT2D eigenvalue weighted by Crippen LogP contribution is -2.26. The number of H-pyrrole nitrogens is 1. The quantitative estimate of drug-likeness (QED) is 0.577. The van der Waals surface area contributed by atoms with E-state index in [0.717, 1.165) is 18.7 Å². The monoisotopic (exact) mass is 386 g/mol. The van der Waals surface area contributed by atoms with Crippen LogP contribution in [-0.4, -0.2) is 31.0 Å². The summed E-state index contributed by atoms with van der Waals surface area (Å²) in [6.07, 6.45) is 2.51. The zero-order valence-corrected chi connectivity index (χ0v) is 16.5. The summed E-state index contributed by atoms with van der Waals surface area (Å²) in [5.41, 5.74) is 5.04. The Morgan fingerprint density at radius 1 is 1.00 bits per heavy atom. The number of rotatable bonds is 2. The van der Waals surface area contributed by atoms with Gasteiger partial charge in [0.15, 0.2) is 0 Å². The van der Waals surface area contributed by atoms with Crippen LogP contribution < -0.4 is 5.32 Å². The van der Waals surface area contributed by atoms with Gasteiger partial charge in [0.25, 0.3) is 10.1 Å². The molecule has 3 N–H and O–H groups in total. The molecule has 0 radical (unpaired) electrons. The molecule has 0 atom stereocenters. The van der Waals surface area contributed by atoms with Crippen molar-refractivity contribution in [3.05, 3.63) is 65.4 Å². The third-order valence-corrected chi connectivity index (χ3v) is 5.85. The zero-order valence-electron chi connectivity index (χ0n) is 15.7. The summed E-state index contributed by atoms with van der Waals surface area (Å²) in [6.45, 7) is 6.32. The number of aromatic amines is 1. The van der Waals surface area contributed by atoms with Gasteiger partial charge in [-0.15, -0.1) is 0 Å². The van der Waals surface area contributed by atoms with Gasteiger partial charge in [0, 0.05) is 17.1 Å². The Hall–Kier alpha value is -2.15. The number of piperidine rings is 1. The van der Waals surface area contributed by atoms with Crippen molar-refractivity contribution in [2.24, 2.45) is 0 Å². The summed E-state index contributed by atoms with van der Waals surface area (Å²) in [5, 5.41) is 4.77. The Labute approximate surface area is 160 Å². The molecule has 0 amide bonds. The lowest BCUT2D eigenvalue weighted by atomic mass is 9.95. The SMILES string of the molecule is Cc1ccc(S(=O)(=O)O)cc1.Cc1cccc2cc(C3CCNCC3)[nH]c12. The predicted molar refractivity (Wildman–Crippen MR) is 109 cm³/mol. The molecule has 144 valence electrons. The van der Waals surface area contributed by atoms with Crippen LogP contribution in [0.3, 0.4) is 0 Å². The van der Waals surface area contributed by atoms with Crippen LogP contribution in [0, 0.1) is 13.8 Å². The van der Waals surface area contributed by atoms with E-state index in [9.17, 15) is 8.42 Å². The third-order valence-electron chi connectivity index (χ3n) is 4.98. The van der Waals surface area contributed by atoms with Crippen molar-refractivity contribution in [3.8, 4) is 0 Å². The highest BCUT2D eigenvalue weighted by Crippen LogP contribution is 2.28. The van der Waals surface area contributed by atoms with Crippen molar-refractivity contribution in [1.82, 2.24) is 10.3 Å². The highest BCUT2D eigenvalue weighted by molar-refractivity contribution is 7.85. The zero-order chi connectivity index (χ0) is 19.4. The molecule has 0 aliphatic carbocycles. The Kier molecular flexibility index (Phi) is 5.99. The fourth-order valence-corrected chi connectivity index (χ4v) is 3.87. The van der Waals surface area contributed by atoms with E-state index in [-0.39, 0.29) is 4.90 Å². The number of aromatic nitrogens is 1. The maximum Gasteiger partial charge on any atom is 0.294 e. The number of hydrogen-bond acceptors (Lipinski definition) is 3. The molecule has 2 aromatic carbocycles. The molecule has 1 aromatic heterocycles. The minimum atomic E-state index is -4.02. The molecule has 0 spiro atoms. The van der Waals surface area contributed by atoms with Crippen LogP contribution in [0.5, 0.6) is 0 Å². The van der Waals surface area contributed by atoms with E-state index >= 15 is 0 Å². The van der Waals surface area contributed by atoms with Gasteiger partial charge in [0.1, 0.15) is 0 Å². The topological polar surface area (TPSA) is 82.2 Å². The Balaban J connectivity index is 0.000000168. The standard InChI is InChI=1S/C14H18N2.C7H8O3S/c1-10-3-2-4-12-9-13(16-14(10)12)11-5-7-15-8-6-11;1-6-2-4-7(5-3-6)11(8,9)10/h2-4,9,11,15-16H,5-8H2,1H3;2-5H,1H3,(H,8,9,10). The Morgan fingerprint density at radius 2 is 1.67 bits per heavy atom. The maximum absolute atomic E-state index is 10.5. The molecule has 3 aromatic rings. The van der Waals surface area contributed by atoms with Crippen LogP contribution >= 0.6 is 0 Å². The van der Waals surface area contributed by atoms with Crippen molar-refractivity contribution in [1.29, 1.82) is 0 Å². The third kappa shape index (κ3) is 4.97. The van der Waals surface area contributed by atoms with Gasteiger partial charge in [-0.05, 0) is 68.9 Å². The second-order valence-electron chi connectivity index (χ2n) is 7.08. The van der Waals surface area contributed by atoms with Crippen LogP contribution in [0.2, 0.25) is 0 Å². The van der Waals surface area contributed by atoms with E-state index in [1.54, 1.807) is 12.1 Å². The molecule has 6 heteroatoms. The van der Waals surface area contributed by atoms with Gasteiger partial charge in [0.2, 0.25) is 0 Å². The molecular weight excluding hydrogens is 360 g/mol. The molecule has 1 aliphatic rings. The molecule has 27 heavy (non-hydrogen) atoms. The molecule has 4 rings (SSSR count). The van der Waals surface area contributed by atoms with Crippen molar-refractivity contribution in [2.75, 3.05) is 13.1 Å². The minimum Gasteiger partial charge on any atom is -0.358 e. The largest absolute Gasteiger partial charge is 0.358 e. The highest BCUT2D eigenvalue weighted by Gasteiger charge is 2.17. The lowest BCUT2D eigenvalue weighted by Gasteiger charge is -2.21. The lowest BCUT2D eigenvalue weighted by molar-refractivity contribution is 0.455. The Morgan fingerprint density at radius 3 is 2.26 bits per heavy atom. The maximum atomic E-state index is 10.5. The van der Waals surface area contributed by atoms with Crippen molar-refractivity contribution >= 4 is 21.0 Å². The van der Waals surface area contributed by atoms with Crippen molar-refractivity contribution in [2.45, 2.75) is 37.5 Å². The van der Waals surface area contributed by atoms with Crippen LogP contribution in [0.1, 0.15) is 35.6 Å². The predicted octanol–water partition coefficient (Wildman–Crippen LogP) is 4.19. The summed E-state index contributed by atoms with van der Waals surface area (Å²) < 4.78 is 29.6. The molecule has 2 heterocycles. The highest BCUT2D eigenvalue weighted by atomic mass is 32.2. The number of benzene rings is 2. The van der Waals surface area contributed by atoms with Gasteiger partial charge >= 0.3 is 0 Å². The minimum absolute atomic E-state index is 0.0666. The van der Waals surface area contributed by atoms with Gasteiger partial charge < -0.3 is 10.3 Å². The van der Waals surface area contributed by atoms with E-state index in [4.69, 9.17) is 4.55 Å². The summed E-state index contributed by atoms with van der Waals surface area (Å²) in [6, 6.07) is 14.8. The van der Waals surface area contributed by atoms with E-state index in [1.807, 2.05) is 6.92 Å². The number of nitrogens with one attached hydrogen (secondary N) is 2. The van der Waals surface area contributed by atoms with Crippen LogP contribution in [0.15, 0.2) is 53.4 Å². The van der Waals surface area contributed by atoms with Crippen LogP contribution in [0.4, 0.5) is 0 Å². The van der Waals surface area contributed by atoms with E-state index in [1.165, 1.54) is 47.1 Å². The van der Waals surface area contributed by atoms with Gasteiger partial charge in [0.05, 0.1) is 4.90 Å². The van der Waals surface area contributed by atoms with Gasteiger partial charge in [-0.3, -0.25) is 4.55 Å². The van der Waals surface area contributed by atoms with E-state index < -0.39 is 10.1 Å². The summed E-state index contributed by atoms with van der Waals surface area (Å²) in [7, 11) is -4.02. The molecule has 0 saturated carbocycles. The van der Waals surface area contributed by atoms with E-state index in [0.29, 0.717) is 5.92 Å². The first kappa shape index (κ1) is 19.6. The number of hydrogen-bond donors (Lipinski definition) is 3. The second-order valence-corrected chi connectivity index (χ2v) is 8.50. The Bertz CT molecular complexity index is 1000. The fourth-order valence-electron chi connectivity index (χ4n) is 3.39. The van der Waals surface area contributed by atoms with Crippen LogP contribution in [-0.2, 0) is 10.1 Å². The molecule has 1 fully saturated rings. The molecule has 1 saturated heterocycles. The van der Waals surface area contributed by atoms with Crippen molar-refractivity contribution in [3.63, 3.8) is 0 Å². The summed E-state index contributed by atoms with van der Waals surface area (Å²) in [5.74, 6) is 0.716. The van der Waals surface area contributed by atoms with E-state index in [2.05, 4.69) is 41.5 Å². The summed E-state index contributed by atoms with van der Waals surface area (Å²) >= 11 is 0. The number of fused-ring (bicyclic) bond motifs is 1. The molecule has 1 aliphatic heterocycles. The second kappa shape index (κ2) is 8.25. The average Bonchev–Trinajstić information content (AvgIpc) is 3.08. The smallest absolute Gasteiger partial charge is 0.294 e.